The summed E-state index contributed by atoms with van der Waals surface area (Å²) in [7, 11) is -2.93. The average Bonchev–Trinajstić information content (AvgIpc) is 2.75. The molecule has 1 atom stereocenters. The van der Waals surface area contributed by atoms with Crippen molar-refractivity contribution in [2.24, 2.45) is 10.7 Å². The van der Waals surface area contributed by atoms with Crippen LogP contribution in [0.1, 0.15) is 32.1 Å². The lowest BCUT2D eigenvalue weighted by molar-refractivity contribution is -0.120. The summed E-state index contributed by atoms with van der Waals surface area (Å²) in [5, 5.41) is 0. The molecule has 0 unspecified atom stereocenters. The molecular weight excluding hydrogens is 252 g/mol. The van der Waals surface area contributed by atoms with Crippen LogP contribution in [0.4, 0.5) is 0 Å². The van der Waals surface area contributed by atoms with Crippen LogP contribution in [0.15, 0.2) is 16.8 Å². The first kappa shape index (κ1) is 15.0. The third-order valence-corrected chi connectivity index (χ3v) is 3.83. The summed E-state index contributed by atoms with van der Waals surface area (Å²) in [4.78, 5) is 15.7. The predicted octanol–water partition coefficient (Wildman–Crippen LogP) is 0.846. The van der Waals surface area contributed by atoms with E-state index in [2.05, 4.69) is 4.99 Å². The SMILES string of the molecule is CS(=O)(=O)CCCCC(=O)[C@@H](N)CC1=CN=CC1. The first-order valence-corrected chi connectivity index (χ1v) is 8.10. The molecule has 1 aliphatic rings. The molecule has 102 valence electrons. The fourth-order valence-corrected chi connectivity index (χ4v) is 2.49. The van der Waals surface area contributed by atoms with E-state index in [-0.39, 0.29) is 11.5 Å². The van der Waals surface area contributed by atoms with Crippen LogP contribution in [0, 0.1) is 0 Å². The van der Waals surface area contributed by atoms with Crippen molar-refractivity contribution in [2.45, 2.75) is 38.1 Å². The van der Waals surface area contributed by atoms with Crippen molar-refractivity contribution in [3.05, 3.63) is 11.8 Å². The van der Waals surface area contributed by atoms with Gasteiger partial charge in [0, 0.05) is 37.3 Å². The Morgan fingerprint density at radius 3 is 2.78 bits per heavy atom. The van der Waals surface area contributed by atoms with Crippen molar-refractivity contribution in [3.8, 4) is 0 Å². The van der Waals surface area contributed by atoms with Crippen LogP contribution in [0.25, 0.3) is 0 Å². The zero-order chi connectivity index (χ0) is 13.6. The lowest BCUT2D eigenvalue weighted by atomic mass is 10.00. The van der Waals surface area contributed by atoms with Crippen LogP contribution >= 0.6 is 0 Å². The molecule has 0 spiro atoms. The second-order valence-corrected chi connectivity index (χ2v) is 6.95. The van der Waals surface area contributed by atoms with E-state index in [1.807, 2.05) is 0 Å². The van der Waals surface area contributed by atoms with Gasteiger partial charge in [-0.25, -0.2) is 8.42 Å². The van der Waals surface area contributed by atoms with E-state index >= 15 is 0 Å². The highest BCUT2D eigenvalue weighted by Gasteiger charge is 2.16. The van der Waals surface area contributed by atoms with E-state index in [1.165, 1.54) is 6.26 Å². The van der Waals surface area contributed by atoms with Gasteiger partial charge in [0.25, 0.3) is 0 Å². The quantitative estimate of drug-likeness (QED) is 0.663. The molecule has 0 bridgehead atoms. The highest BCUT2D eigenvalue weighted by atomic mass is 32.2. The van der Waals surface area contributed by atoms with Gasteiger partial charge >= 0.3 is 0 Å². The lowest BCUT2D eigenvalue weighted by Gasteiger charge is -2.10. The molecule has 1 rings (SSSR count). The number of aliphatic imine (C=N–C) groups is 1. The summed E-state index contributed by atoms with van der Waals surface area (Å²) in [6, 6.07) is -0.490. The zero-order valence-electron chi connectivity index (χ0n) is 10.6. The number of sulfone groups is 1. The minimum atomic E-state index is -2.93. The molecule has 18 heavy (non-hydrogen) atoms. The molecule has 6 heteroatoms. The molecule has 0 fully saturated rings. The smallest absolute Gasteiger partial charge is 0.149 e. The highest BCUT2D eigenvalue weighted by molar-refractivity contribution is 7.90. The summed E-state index contributed by atoms with van der Waals surface area (Å²) in [5.41, 5.74) is 6.88. The number of carbonyl (C=O) groups is 1. The Hall–Kier alpha value is -1.01. The van der Waals surface area contributed by atoms with Gasteiger partial charge in [-0.15, -0.1) is 0 Å². The van der Waals surface area contributed by atoms with Crippen LogP contribution in [0.2, 0.25) is 0 Å². The van der Waals surface area contributed by atoms with Crippen molar-refractivity contribution in [2.75, 3.05) is 12.0 Å². The first-order chi connectivity index (χ1) is 8.38. The Labute approximate surface area is 108 Å². The minimum Gasteiger partial charge on any atom is -0.321 e. The topological polar surface area (TPSA) is 89.6 Å². The van der Waals surface area contributed by atoms with E-state index in [9.17, 15) is 13.2 Å². The third-order valence-electron chi connectivity index (χ3n) is 2.80. The maximum atomic E-state index is 11.7. The van der Waals surface area contributed by atoms with E-state index in [4.69, 9.17) is 5.73 Å². The molecule has 2 N–H and O–H groups in total. The van der Waals surface area contributed by atoms with Gasteiger partial charge in [-0.2, -0.15) is 0 Å². The Morgan fingerprint density at radius 1 is 1.50 bits per heavy atom. The molecule has 0 amide bonds. The maximum absolute atomic E-state index is 11.7. The number of Topliss-reactive ketones (excluding diaryl/α,β-unsaturated/α-hetero) is 1. The van der Waals surface area contributed by atoms with Crippen molar-refractivity contribution >= 4 is 21.8 Å². The van der Waals surface area contributed by atoms with Crippen LogP contribution in [0.5, 0.6) is 0 Å². The molecule has 1 aliphatic heterocycles. The summed E-state index contributed by atoms with van der Waals surface area (Å²) >= 11 is 0. The van der Waals surface area contributed by atoms with Gasteiger partial charge in [0.15, 0.2) is 0 Å². The Bertz CT molecular complexity index is 452. The fraction of sp³-hybridized carbons (Fsp3) is 0.667. The number of rotatable bonds is 8. The number of unbranched alkanes of at least 4 members (excludes halogenated alkanes) is 1. The van der Waals surface area contributed by atoms with E-state index < -0.39 is 15.9 Å². The molecule has 0 aromatic carbocycles. The molecule has 0 saturated heterocycles. The van der Waals surface area contributed by atoms with Gasteiger partial charge in [0.1, 0.15) is 15.6 Å². The molecule has 0 aliphatic carbocycles. The largest absolute Gasteiger partial charge is 0.321 e. The van der Waals surface area contributed by atoms with Crippen LogP contribution in [0.3, 0.4) is 0 Å². The number of hydrogen-bond donors (Lipinski definition) is 1. The van der Waals surface area contributed by atoms with Gasteiger partial charge in [-0.3, -0.25) is 9.79 Å². The Balaban J connectivity index is 2.19. The zero-order valence-corrected chi connectivity index (χ0v) is 11.4. The standard InChI is InChI=1S/C12H20N2O3S/c1-18(16,17)7-3-2-4-12(15)11(13)8-10-5-6-14-9-10/h6,9,11H,2-5,7-8,13H2,1H3/t11-/m0/s1. The van der Waals surface area contributed by atoms with Crippen molar-refractivity contribution in [1.82, 2.24) is 0 Å². The van der Waals surface area contributed by atoms with Gasteiger partial charge in [0.05, 0.1) is 6.04 Å². The summed E-state index contributed by atoms with van der Waals surface area (Å²) in [6.45, 7) is 0. The molecule has 0 aromatic heterocycles. The molecule has 0 aromatic rings. The molecule has 0 radical (unpaired) electrons. The van der Waals surface area contributed by atoms with Gasteiger partial charge in [0.2, 0.25) is 0 Å². The van der Waals surface area contributed by atoms with Crippen molar-refractivity contribution < 1.29 is 13.2 Å². The van der Waals surface area contributed by atoms with Crippen LogP contribution in [-0.4, -0.2) is 38.5 Å². The van der Waals surface area contributed by atoms with Crippen molar-refractivity contribution in [3.63, 3.8) is 0 Å². The number of carbonyl (C=O) groups excluding carboxylic acids is 1. The van der Waals surface area contributed by atoms with Gasteiger partial charge < -0.3 is 5.73 Å². The first-order valence-electron chi connectivity index (χ1n) is 6.04. The number of hydrogen-bond acceptors (Lipinski definition) is 5. The number of nitrogens with two attached hydrogens (primary N) is 1. The van der Waals surface area contributed by atoms with E-state index in [1.54, 1.807) is 12.4 Å². The maximum Gasteiger partial charge on any atom is 0.149 e. The normalized spacial score (nSPS) is 16.7. The number of nitrogens with zero attached hydrogens (tertiary/aromatic N) is 1. The van der Waals surface area contributed by atoms with E-state index in [0.29, 0.717) is 25.7 Å². The molecule has 5 nitrogen and oxygen atoms in total. The van der Waals surface area contributed by atoms with Crippen LogP contribution in [-0.2, 0) is 14.6 Å². The summed E-state index contributed by atoms with van der Waals surface area (Å²) < 4.78 is 21.8. The minimum absolute atomic E-state index is 0.00342. The van der Waals surface area contributed by atoms with Gasteiger partial charge in [-0.1, -0.05) is 0 Å². The van der Waals surface area contributed by atoms with Gasteiger partial charge in [-0.05, 0) is 24.8 Å². The second-order valence-electron chi connectivity index (χ2n) is 4.69. The second kappa shape index (κ2) is 6.80. The predicted molar refractivity (Wildman–Crippen MR) is 72.4 cm³/mol. The average molecular weight is 272 g/mol. The molecule has 0 saturated carbocycles. The van der Waals surface area contributed by atoms with E-state index in [0.717, 1.165) is 12.0 Å². The molecule has 1 heterocycles. The van der Waals surface area contributed by atoms with Crippen LogP contribution < -0.4 is 5.73 Å². The highest BCUT2D eigenvalue weighted by Crippen LogP contribution is 2.14. The van der Waals surface area contributed by atoms with Crippen molar-refractivity contribution in [1.29, 1.82) is 0 Å². The Kier molecular flexibility index (Phi) is 5.68. The summed E-state index contributed by atoms with van der Waals surface area (Å²) in [6.07, 6.45) is 7.51. The lowest BCUT2D eigenvalue weighted by Crippen LogP contribution is -2.30. The number of ketones is 1. The Morgan fingerprint density at radius 2 is 2.22 bits per heavy atom. The summed E-state index contributed by atoms with van der Waals surface area (Å²) in [5.74, 6) is 0.130. The monoisotopic (exact) mass is 272 g/mol. The third kappa shape index (κ3) is 6.07. The fourth-order valence-electron chi connectivity index (χ4n) is 1.76. The molecular formula is C12H20N2O3S.